The van der Waals surface area contributed by atoms with Gasteiger partial charge in [0.15, 0.2) is 0 Å². The van der Waals surface area contributed by atoms with Gasteiger partial charge in [0, 0.05) is 18.7 Å². The van der Waals surface area contributed by atoms with Crippen LogP contribution >= 0.6 is 11.6 Å². The third-order valence-electron chi connectivity index (χ3n) is 6.39. The number of ether oxygens (including phenoxy) is 1. The van der Waals surface area contributed by atoms with Crippen LogP contribution in [0.5, 0.6) is 5.75 Å². The van der Waals surface area contributed by atoms with Crippen molar-refractivity contribution >= 4 is 17.5 Å². The van der Waals surface area contributed by atoms with Crippen LogP contribution in [-0.4, -0.2) is 34.8 Å². The average Bonchev–Trinajstić information content (AvgIpc) is 3.34. The Morgan fingerprint density at radius 2 is 1.80 bits per heavy atom. The Kier molecular flexibility index (Phi) is 5.58. The zero-order chi connectivity index (χ0) is 20.3. The highest BCUT2D eigenvalue weighted by atomic mass is 35.5. The molecule has 6 nitrogen and oxygen atoms in total. The number of nitrogens with zero attached hydrogens (tertiary/aromatic N) is 4. The fraction of sp³-hybridized carbons (Fsp3) is 0.435. The molecule has 1 saturated heterocycles. The minimum atomic E-state index is 0.586. The maximum Gasteiger partial charge on any atom is 0.225 e. The van der Waals surface area contributed by atoms with Crippen LogP contribution in [0, 0.1) is 17.8 Å². The SMILES string of the molecule is Clc1cnc(N2CCC(C3CC3CCOc3ccc(-c4cnoc4)cc3)CC2)nc1. The molecule has 0 bridgehead atoms. The van der Waals surface area contributed by atoms with E-state index in [1.807, 2.05) is 24.3 Å². The van der Waals surface area contributed by atoms with Crippen molar-refractivity contribution in [3.05, 3.63) is 54.1 Å². The summed E-state index contributed by atoms with van der Waals surface area (Å²) in [7, 11) is 0. The molecule has 1 aliphatic heterocycles. The monoisotopic (exact) mass is 424 g/mol. The first kappa shape index (κ1) is 19.4. The maximum absolute atomic E-state index is 5.97. The minimum Gasteiger partial charge on any atom is -0.494 e. The fourth-order valence-corrected chi connectivity index (χ4v) is 4.69. The van der Waals surface area contributed by atoms with E-state index in [0.717, 1.165) is 66.7 Å². The maximum atomic E-state index is 5.97. The second kappa shape index (κ2) is 8.64. The quantitative estimate of drug-likeness (QED) is 0.525. The Morgan fingerprint density at radius 1 is 1.03 bits per heavy atom. The van der Waals surface area contributed by atoms with E-state index >= 15 is 0 Å². The smallest absolute Gasteiger partial charge is 0.225 e. The molecule has 3 heterocycles. The van der Waals surface area contributed by atoms with Gasteiger partial charge in [-0.3, -0.25) is 0 Å². The molecule has 2 unspecified atom stereocenters. The number of hydrogen-bond acceptors (Lipinski definition) is 6. The number of halogens is 1. The van der Waals surface area contributed by atoms with Crippen molar-refractivity contribution in [2.75, 3.05) is 24.6 Å². The van der Waals surface area contributed by atoms with E-state index in [2.05, 4.69) is 20.0 Å². The van der Waals surface area contributed by atoms with Crippen molar-refractivity contribution in [3.8, 4) is 16.9 Å². The highest BCUT2D eigenvalue weighted by Gasteiger charge is 2.43. The molecule has 2 aromatic heterocycles. The number of hydrogen-bond donors (Lipinski definition) is 0. The van der Waals surface area contributed by atoms with Crippen LogP contribution in [0.4, 0.5) is 5.95 Å². The van der Waals surface area contributed by atoms with Crippen molar-refractivity contribution in [1.29, 1.82) is 0 Å². The van der Waals surface area contributed by atoms with Crippen LogP contribution in [0.15, 0.2) is 53.6 Å². The lowest BCUT2D eigenvalue weighted by Gasteiger charge is -2.32. The van der Waals surface area contributed by atoms with E-state index in [9.17, 15) is 0 Å². The Balaban J connectivity index is 1.03. The predicted molar refractivity (Wildman–Crippen MR) is 116 cm³/mol. The Bertz CT molecular complexity index is 938. The highest BCUT2D eigenvalue weighted by Crippen LogP contribution is 2.49. The molecule has 156 valence electrons. The lowest BCUT2D eigenvalue weighted by Crippen LogP contribution is -2.35. The molecule has 2 fully saturated rings. The average molecular weight is 425 g/mol. The van der Waals surface area contributed by atoms with E-state index in [0.29, 0.717) is 5.02 Å². The molecule has 30 heavy (non-hydrogen) atoms. The first-order chi connectivity index (χ1) is 14.8. The molecule has 0 N–H and O–H groups in total. The van der Waals surface area contributed by atoms with Gasteiger partial charge in [0.1, 0.15) is 12.0 Å². The minimum absolute atomic E-state index is 0.586. The number of anilines is 1. The first-order valence-electron chi connectivity index (χ1n) is 10.6. The van der Waals surface area contributed by atoms with Crippen molar-refractivity contribution in [1.82, 2.24) is 15.1 Å². The number of rotatable bonds is 7. The van der Waals surface area contributed by atoms with E-state index in [4.69, 9.17) is 20.9 Å². The standard InChI is InChI=1S/C23H25ClN4O2/c24-20-13-25-23(26-14-20)28-8-5-17(6-9-28)22-11-18(22)7-10-29-21-3-1-16(2-4-21)19-12-27-30-15-19/h1-4,12-15,17-18,22H,5-11H2. The number of benzene rings is 1. The van der Waals surface area contributed by atoms with Gasteiger partial charge in [-0.15, -0.1) is 0 Å². The zero-order valence-electron chi connectivity index (χ0n) is 16.8. The second-order valence-electron chi connectivity index (χ2n) is 8.26. The van der Waals surface area contributed by atoms with Crippen LogP contribution in [-0.2, 0) is 0 Å². The normalized spacial score (nSPS) is 21.6. The summed E-state index contributed by atoms with van der Waals surface area (Å²) in [4.78, 5) is 11.0. The predicted octanol–water partition coefficient (Wildman–Crippen LogP) is 5.11. The van der Waals surface area contributed by atoms with Crippen molar-refractivity contribution in [3.63, 3.8) is 0 Å². The van der Waals surface area contributed by atoms with Crippen LogP contribution in [0.3, 0.4) is 0 Å². The third-order valence-corrected chi connectivity index (χ3v) is 6.58. The summed E-state index contributed by atoms with van der Waals surface area (Å²) in [6.07, 6.45) is 11.6. The Morgan fingerprint density at radius 3 is 2.50 bits per heavy atom. The van der Waals surface area contributed by atoms with Gasteiger partial charge in [0.2, 0.25) is 5.95 Å². The summed E-state index contributed by atoms with van der Waals surface area (Å²) in [5.41, 5.74) is 2.07. The molecule has 7 heteroatoms. The highest BCUT2D eigenvalue weighted by molar-refractivity contribution is 6.30. The van der Waals surface area contributed by atoms with Crippen LogP contribution in [0.1, 0.15) is 25.7 Å². The summed E-state index contributed by atoms with van der Waals surface area (Å²) >= 11 is 5.89. The molecule has 3 aromatic rings. The molecule has 0 spiro atoms. The molecular formula is C23H25ClN4O2. The molecule has 2 aliphatic rings. The zero-order valence-corrected chi connectivity index (χ0v) is 17.5. The lowest BCUT2D eigenvalue weighted by atomic mass is 9.90. The van der Waals surface area contributed by atoms with E-state index in [1.54, 1.807) is 24.9 Å². The molecule has 1 saturated carbocycles. The molecule has 2 atom stereocenters. The van der Waals surface area contributed by atoms with Crippen LogP contribution in [0.2, 0.25) is 5.02 Å². The van der Waals surface area contributed by atoms with Gasteiger partial charge in [-0.05, 0) is 61.1 Å². The summed E-state index contributed by atoms with van der Waals surface area (Å²) in [6, 6.07) is 8.11. The summed E-state index contributed by atoms with van der Waals surface area (Å²) in [6.45, 7) is 2.85. The van der Waals surface area contributed by atoms with Crippen LogP contribution in [0.25, 0.3) is 11.1 Å². The van der Waals surface area contributed by atoms with Gasteiger partial charge in [-0.1, -0.05) is 28.9 Å². The van der Waals surface area contributed by atoms with Gasteiger partial charge >= 0.3 is 0 Å². The summed E-state index contributed by atoms with van der Waals surface area (Å²) < 4.78 is 10.9. The molecule has 0 radical (unpaired) electrons. The Hall–Kier alpha value is -2.60. The van der Waals surface area contributed by atoms with Gasteiger partial charge in [0.05, 0.1) is 30.2 Å². The van der Waals surface area contributed by atoms with E-state index in [1.165, 1.54) is 19.3 Å². The molecule has 1 aliphatic carbocycles. The van der Waals surface area contributed by atoms with Gasteiger partial charge < -0.3 is 14.2 Å². The molecule has 1 aromatic carbocycles. The lowest BCUT2D eigenvalue weighted by molar-refractivity contribution is 0.284. The Labute approximate surface area is 181 Å². The van der Waals surface area contributed by atoms with Crippen molar-refractivity contribution in [2.45, 2.75) is 25.7 Å². The van der Waals surface area contributed by atoms with Crippen molar-refractivity contribution in [2.24, 2.45) is 17.8 Å². The summed E-state index contributed by atoms with van der Waals surface area (Å²) in [5.74, 6) is 4.21. The topological polar surface area (TPSA) is 64.3 Å². The van der Waals surface area contributed by atoms with E-state index in [-0.39, 0.29) is 0 Å². The van der Waals surface area contributed by atoms with Gasteiger partial charge in [-0.25, -0.2) is 9.97 Å². The van der Waals surface area contributed by atoms with Gasteiger partial charge in [-0.2, -0.15) is 0 Å². The van der Waals surface area contributed by atoms with Crippen molar-refractivity contribution < 1.29 is 9.26 Å². The molecular weight excluding hydrogens is 400 g/mol. The largest absolute Gasteiger partial charge is 0.494 e. The second-order valence-corrected chi connectivity index (χ2v) is 8.70. The van der Waals surface area contributed by atoms with E-state index < -0.39 is 0 Å². The first-order valence-corrected chi connectivity index (χ1v) is 11.0. The number of aromatic nitrogens is 3. The number of piperidine rings is 1. The molecule has 0 amide bonds. The summed E-state index contributed by atoms with van der Waals surface area (Å²) in [5, 5.41) is 4.33. The van der Waals surface area contributed by atoms with Crippen LogP contribution < -0.4 is 9.64 Å². The third kappa shape index (κ3) is 4.43. The fourth-order valence-electron chi connectivity index (χ4n) is 4.60. The van der Waals surface area contributed by atoms with Gasteiger partial charge in [0.25, 0.3) is 0 Å². The molecule has 5 rings (SSSR count).